The smallest absolute Gasteiger partial charge is 0.0244 e. The van der Waals surface area contributed by atoms with E-state index >= 15 is 0 Å². The molecule has 7 rings (SSSR count). The van der Waals surface area contributed by atoms with Crippen molar-refractivity contribution in [3.8, 4) is 0 Å². The van der Waals surface area contributed by atoms with Crippen molar-refractivity contribution in [1.29, 1.82) is 0 Å². The maximum absolute atomic E-state index is 2.69. The third-order valence-electron chi connectivity index (χ3n) is 19.6. The Balaban J connectivity index is 0.000000483. The van der Waals surface area contributed by atoms with Gasteiger partial charge in [0.1, 0.15) is 0 Å². The van der Waals surface area contributed by atoms with Gasteiger partial charge in [0.2, 0.25) is 0 Å². The first-order valence-electron chi connectivity index (χ1n) is 34.3. The van der Waals surface area contributed by atoms with Gasteiger partial charge in [-0.2, -0.15) is 0 Å². The van der Waals surface area contributed by atoms with Crippen molar-refractivity contribution < 1.29 is 0 Å². The van der Waals surface area contributed by atoms with E-state index in [0.29, 0.717) is 45.1 Å². The third kappa shape index (κ3) is 28.3. The molecule has 0 spiro atoms. The highest BCUT2D eigenvalue weighted by atomic mass is 15.4. The van der Waals surface area contributed by atoms with Crippen LogP contribution >= 0.6 is 0 Å². The number of nitrogens with zero attached hydrogens (tertiary/aromatic N) is 8. The van der Waals surface area contributed by atoms with Crippen LogP contribution < -0.4 is 0 Å². The highest BCUT2D eigenvalue weighted by Gasteiger charge is 2.47. The quantitative estimate of drug-likeness (QED) is 0.243. The molecule has 8 nitrogen and oxygen atoms in total. The SMILES string of the molecule is CC.CC(C)C1=CCN(C(C)(C)C)CC1.CC(C)C1CCN(C(C)(C)C)CC1.CC(C)N1CC2CC1CN2C(C)(C)C.CC(C)N1CC=C(C(C)(C)C)CC1.CC(C)N1CCC(C(C)(C)C)CC1.CC(C)N1CCN(C(C)(C)C)CC1. The Hall–Kier alpha value is -0.840. The van der Waals surface area contributed by atoms with Crippen LogP contribution in [0.2, 0.25) is 0 Å². The summed E-state index contributed by atoms with van der Waals surface area (Å²) in [6.45, 7) is 90.9. The Bertz CT molecular complexity index is 1620. The molecule has 0 N–H and O–H groups in total. The van der Waals surface area contributed by atoms with Crippen molar-refractivity contribution in [3.05, 3.63) is 23.3 Å². The van der Waals surface area contributed by atoms with Gasteiger partial charge < -0.3 is 4.90 Å². The van der Waals surface area contributed by atoms with Crippen LogP contribution in [0.15, 0.2) is 23.3 Å². The fraction of sp³-hybridized carbons (Fsp3) is 0.945. The van der Waals surface area contributed by atoms with Crippen molar-refractivity contribution >= 4 is 0 Å². The standard InChI is InChI=1S/C12H24N2.C12H25N.C12H23N.C12H25N.C12H23N.C11H24N2.C2H6/c1-9(2)13-7-11-6-10(13)8-14(11)12(3,4)5;2*1-10(2)13-8-6-11(7-9-13)12(3,4)5;2*1-10(2)11-6-8-13(9-7-11)12(3,4)5;1-10(2)12-6-8-13(9-7-12)11(3,4)5;1-2/h9-11H,6-8H2,1-5H3;10-11H,6-9H2,1-5H3;6,10H,7-9H2,1-5H3;10-11H,6-9H2,1-5H3;6,10H,7-9H2,1-5H3;10H,6-9H2,1-5H3;1-2H3. The van der Waals surface area contributed by atoms with Gasteiger partial charge >= 0.3 is 0 Å². The lowest BCUT2D eigenvalue weighted by molar-refractivity contribution is 0.0451. The van der Waals surface area contributed by atoms with E-state index < -0.39 is 0 Å². The molecule has 2 bridgehead atoms. The maximum Gasteiger partial charge on any atom is 0.0244 e. The topological polar surface area (TPSA) is 25.9 Å². The van der Waals surface area contributed by atoms with Gasteiger partial charge in [0.15, 0.2) is 0 Å². The summed E-state index contributed by atoms with van der Waals surface area (Å²) in [6, 6.07) is 4.52. The fourth-order valence-electron chi connectivity index (χ4n) is 13.2. The van der Waals surface area contributed by atoms with Crippen molar-refractivity contribution in [2.24, 2.45) is 34.5 Å². The van der Waals surface area contributed by atoms with Gasteiger partial charge in [0.25, 0.3) is 0 Å². The number of hydrogen-bond donors (Lipinski definition) is 0. The van der Waals surface area contributed by atoms with E-state index in [-0.39, 0.29) is 0 Å². The van der Waals surface area contributed by atoms with Crippen LogP contribution in [0.4, 0.5) is 0 Å². The number of rotatable bonds is 6. The Kier molecular flexibility index (Phi) is 33.4. The lowest BCUT2D eigenvalue weighted by Crippen LogP contribution is -2.54. The molecule has 2 unspecified atom stereocenters. The normalized spacial score (nSPS) is 23.6. The van der Waals surface area contributed by atoms with Gasteiger partial charge in [-0.3, -0.25) is 34.3 Å². The summed E-state index contributed by atoms with van der Waals surface area (Å²) in [5, 5.41) is 0. The zero-order valence-corrected chi connectivity index (χ0v) is 61.4. The van der Waals surface area contributed by atoms with Crippen molar-refractivity contribution in [2.75, 3.05) is 91.6 Å². The van der Waals surface area contributed by atoms with Gasteiger partial charge in [-0.25, -0.2) is 0 Å². The van der Waals surface area contributed by atoms with Gasteiger partial charge in [-0.15, -0.1) is 0 Å². The number of hydrogen-bond acceptors (Lipinski definition) is 8. The lowest BCUT2D eigenvalue weighted by atomic mass is 9.75. The minimum Gasteiger partial charge on any atom is -0.301 e. The molecule has 81 heavy (non-hydrogen) atoms. The molecule has 0 saturated carbocycles. The van der Waals surface area contributed by atoms with E-state index in [1.165, 1.54) is 123 Å². The monoisotopic (exact) mass is 1140 g/mol. The summed E-state index contributed by atoms with van der Waals surface area (Å²) >= 11 is 0. The molecule has 0 aliphatic carbocycles. The Morgan fingerprint density at radius 2 is 0.864 bits per heavy atom. The predicted octanol–water partition coefficient (Wildman–Crippen LogP) is 17.2. The minimum atomic E-state index is 0.332. The van der Waals surface area contributed by atoms with Gasteiger partial charge in [0.05, 0.1) is 0 Å². The van der Waals surface area contributed by atoms with E-state index in [9.17, 15) is 0 Å². The summed E-state index contributed by atoms with van der Waals surface area (Å²) < 4.78 is 0. The van der Waals surface area contributed by atoms with Crippen molar-refractivity contribution in [2.45, 2.75) is 325 Å². The Labute approximate surface area is 511 Å². The third-order valence-corrected chi connectivity index (χ3v) is 19.6. The Morgan fingerprint density at radius 3 is 1.17 bits per heavy atom. The molecule has 7 aliphatic heterocycles. The van der Waals surface area contributed by atoms with Crippen LogP contribution in [0.1, 0.15) is 267 Å². The molecule has 0 aromatic heterocycles. The predicted molar refractivity (Wildman–Crippen MR) is 365 cm³/mol. The first kappa shape index (κ1) is 78.2. The number of fused-ring (bicyclic) bond motifs is 2. The van der Waals surface area contributed by atoms with Crippen LogP contribution in [-0.4, -0.2) is 189 Å². The molecule has 7 aliphatic rings. The lowest BCUT2D eigenvalue weighted by Gasteiger charge is -2.43. The van der Waals surface area contributed by atoms with Crippen LogP contribution in [-0.2, 0) is 0 Å². The van der Waals surface area contributed by atoms with E-state index in [1.807, 2.05) is 13.8 Å². The first-order chi connectivity index (χ1) is 36.9. The highest BCUT2D eigenvalue weighted by Crippen LogP contribution is 2.37. The molecule has 0 aromatic rings. The zero-order valence-electron chi connectivity index (χ0n) is 61.4. The molecule has 2 atom stereocenters. The molecule has 0 aromatic carbocycles. The molecule has 0 amide bonds. The average Bonchev–Trinajstić information content (AvgIpc) is 4.00. The van der Waals surface area contributed by atoms with Crippen molar-refractivity contribution in [3.63, 3.8) is 0 Å². The fourth-order valence-corrected chi connectivity index (χ4v) is 13.2. The molecule has 0 radical (unpaired) electrons. The highest BCUT2D eigenvalue weighted by molar-refractivity contribution is 5.15. The van der Waals surface area contributed by atoms with Crippen molar-refractivity contribution in [1.82, 2.24) is 39.2 Å². The summed E-state index contributed by atoms with van der Waals surface area (Å²) in [7, 11) is 0. The van der Waals surface area contributed by atoms with Gasteiger partial charge in [-0.05, 0) is 244 Å². The molecular weight excluding hydrogens is 989 g/mol. The van der Waals surface area contributed by atoms with Gasteiger partial charge in [-0.1, -0.05) is 106 Å². The van der Waals surface area contributed by atoms with E-state index in [1.54, 1.807) is 11.1 Å². The molecule has 5 fully saturated rings. The summed E-state index contributed by atoms with van der Waals surface area (Å²) in [6.07, 6.45) is 14.3. The number of piperidine rings is 2. The maximum atomic E-state index is 2.69. The van der Waals surface area contributed by atoms with Crippen LogP contribution in [0.3, 0.4) is 0 Å². The number of likely N-dealkylation sites (tertiary alicyclic amines) is 4. The second-order valence-corrected chi connectivity index (χ2v) is 33.6. The van der Waals surface area contributed by atoms with Gasteiger partial charge in [0, 0.05) is 124 Å². The van der Waals surface area contributed by atoms with E-state index in [0.717, 1.165) is 60.9 Å². The molecule has 7 heterocycles. The Morgan fingerprint density at radius 1 is 0.407 bits per heavy atom. The molecular formula is C73H150N8. The van der Waals surface area contributed by atoms with Crippen LogP contribution in [0.5, 0.6) is 0 Å². The summed E-state index contributed by atoms with van der Waals surface area (Å²) in [5.41, 5.74) is 5.59. The second-order valence-electron chi connectivity index (χ2n) is 33.6. The largest absolute Gasteiger partial charge is 0.301 e. The van der Waals surface area contributed by atoms with Crippen LogP contribution in [0.25, 0.3) is 0 Å². The van der Waals surface area contributed by atoms with E-state index in [4.69, 9.17) is 0 Å². The average molecular weight is 1140 g/mol. The number of piperazine rings is 2. The first-order valence-corrected chi connectivity index (χ1v) is 34.3. The minimum absolute atomic E-state index is 0.332. The second kappa shape index (κ2) is 34.6. The summed E-state index contributed by atoms with van der Waals surface area (Å²) in [5.74, 6) is 3.52. The van der Waals surface area contributed by atoms with E-state index in [2.05, 4.69) is 259 Å². The summed E-state index contributed by atoms with van der Waals surface area (Å²) in [4.78, 5) is 20.8. The molecule has 482 valence electrons. The molecule has 8 heteroatoms. The van der Waals surface area contributed by atoms with Crippen LogP contribution in [0, 0.1) is 34.5 Å². The zero-order chi connectivity index (χ0) is 62.8. The molecule has 5 saturated heterocycles.